The molecule has 1 aromatic rings. The minimum absolute atomic E-state index is 0.0387. The number of nitrogens with two attached hydrogens (primary N) is 1. The van der Waals surface area contributed by atoms with E-state index in [-0.39, 0.29) is 5.75 Å². The summed E-state index contributed by atoms with van der Waals surface area (Å²) < 4.78 is 21.7. The van der Waals surface area contributed by atoms with Crippen molar-refractivity contribution in [1.82, 2.24) is 10.2 Å². The van der Waals surface area contributed by atoms with Gasteiger partial charge in [-0.05, 0) is 6.92 Å². The molecule has 12 heavy (non-hydrogen) atoms. The van der Waals surface area contributed by atoms with Crippen LogP contribution in [0.2, 0.25) is 0 Å². The summed E-state index contributed by atoms with van der Waals surface area (Å²) in [5.41, 5.74) is 6.70. The minimum Gasteiger partial charge on any atom is -0.382 e. The van der Waals surface area contributed by atoms with Gasteiger partial charge in [-0.2, -0.15) is 5.10 Å². The van der Waals surface area contributed by atoms with E-state index in [0.717, 1.165) is 0 Å². The quantitative estimate of drug-likeness (QED) is 0.676. The third kappa shape index (κ3) is 1.97. The fourth-order valence-electron chi connectivity index (χ4n) is 0.853. The van der Waals surface area contributed by atoms with Gasteiger partial charge in [0.1, 0.15) is 5.82 Å². The zero-order valence-electron chi connectivity index (χ0n) is 6.96. The van der Waals surface area contributed by atoms with Gasteiger partial charge < -0.3 is 5.73 Å². The molecule has 0 aromatic carbocycles. The highest BCUT2D eigenvalue weighted by Gasteiger charge is 2.11. The lowest BCUT2D eigenvalue weighted by molar-refractivity contribution is 0.600. The van der Waals surface area contributed by atoms with Crippen LogP contribution in [0.3, 0.4) is 0 Å². The second-order valence-electron chi connectivity index (χ2n) is 2.78. The molecule has 1 rings (SSSR count). The fraction of sp³-hybridized carbons (Fsp3) is 0.500. The Labute approximate surface area is 70.9 Å². The van der Waals surface area contributed by atoms with Crippen LogP contribution in [0.5, 0.6) is 0 Å². The Morgan fingerprint density at radius 2 is 2.17 bits per heavy atom. The molecule has 6 heteroatoms. The van der Waals surface area contributed by atoms with Crippen molar-refractivity contribution < 1.29 is 8.42 Å². The van der Waals surface area contributed by atoms with E-state index in [1.54, 1.807) is 6.92 Å². The molecule has 0 saturated carbocycles. The monoisotopic (exact) mass is 189 g/mol. The minimum atomic E-state index is -3.01. The number of rotatable bonds is 2. The van der Waals surface area contributed by atoms with Crippen LogP contribution in [0.15, 0.2) is 0 Å². The average Bonchev–Trinajstić information content (AvgIpc) is 2.16. The summed E-state index contributed by atoms with van der Waals surface area (Å²) in [5.74, 6) is 0.317. The summed E-state index contributed by atoms with van der Waals surface area (Å²) in [6.07, 6.45) is 1.17. The third-order valence-corrected chi connectivity index (χ3v) is 2.37. The second kappa shape index (κ2) is 2.78. The molecule has 3 N–H and O–H groups in total. The number of hydrogen-bond acceptors (Lipinski definition) is 4. The van der Waals surface area contributed by atoms with E-state index >= 15 is 0 Å². The maximum Gasteiger partial charge on any atom is 0.153 e. The maximum absolute atomic E-state index is 10.9. The number of nitrogen functional groups attached to an aromatic ring is 1. The smallest absolute Gasteiger partial charge is 0.153 e. The van der Waals surface area contributed by atoms with Gasteiger partial charge in [-0.3, -0.25) is 5.10 Å². The van der Waals surface area contributed by atoms with E-state index in [2.05, 4.69) is 10.2 Å². The number of nitrogens with zero attached hydrogens (tertiary/aromatic N) is 1. The van der Waals surface area contributed by atoms with Crippen molar-refractivity contribution in [3.63, 3.8) is 0 Å². The molecule has 0 amide bonds. The first-order valence-corrected chi connectivity index (χ1v) is 5.43. The molecule has 0 aliphatic rings. The van der Waals surface area contributed by atoms with Gasteiger partial charge in [-0.25, -0.2) is 8.42 Å². The number of anilines is 1. The first kappa shape index (κ1) is 9.05. The lowest BCUT2D eigenvalue weighted by Crippen LogP contribution is -2.02. The Hall–Kier alpha value is -1.04. The van der Waals surface area contributed by atoms with Gasteiger partial charge in [0.25, 0.3) is 0 Å². The first-order chi connectivity index (χ1) is 5.40. The predicted octanol–water partition coefficient (Wildman–Crippen LogP) is -0.155. The highest BCUT2D eigenvalue weighted by atomic mass is 32.2. The first-order valence-electron chi connectivity index (χ1n) is 3.37. The number of nitrogens with one attached hydrogen (secondary N) is 1. The van der Waals surface area contributed by atoms with Gasteiger partial charge in [0.15, 0.2) is 9.84 Å². The molecular weight excluding hydrogens is 178 g/mol. The summed E-state index contributed by atoms with van der Waals surface area (Å²) in [5, 5.41) is 6.26. The topological polar surface area (TPSA) is 88.8 Å². The molecule has 0 aliphatic heterocycles. The Balaban J connectivity index is 2.99. The van der Waals surface area contributed by atoms with Crippen molar-refractivity contribution >= 4 is 15.7 Å². The molecule has 0 bridgehead atoms. The Morgan fingerprint density at radius 3 is 2.50 bits per heavy atom. The standard InChI is InChI=1S/C6H11N3O2S/c1-4-5(3-12(2,10)11)8-9-6(4)7/h3H2,1-2H3,(H3,7,8,9). The lowest BCUT2D eigenvalue weighted by atomic mass is 10.3. The number of aromatic nitrogens is 2. The van der Waals surface area contributed by atoms with Crippen molar-refractivity contribution in [1.29, 1.82) is 0 Å². The van der Waals surface area contributed by atoms with Gasteiger partial charge in [-0.1, -0.05) is 0 Å². The number of sulfone groups is 1. The molecule has 68 valence electrons. The zero-order chi connectivity index (χ0) is 9.35. The van der Waals surface area contributed by atoms with E-state index in [1.807, 2.05) is 0 Å². The normalized spacial score (nSPS) is 11.8. The predicted molar refractivity (Wildman–Crippen MR) is 46.3 cm³/mol. The number of H-pyrrole nitrogens is 1. The van der Waals surface area contributed by atoms with Crippen LogP contribution in [0.4, 0.5) is 5.82 Å². The molecule has 0 atom stereocenters. The van der Waals surface area contributed by atoms with Crippen LogP contribution in [-0.4, -0.2) is 24.9 Å². The molecule has 0 radical (unpaired) electrons. The molecular formula is C6H11N3O2S. The largest absolute Gasteiger partial charge is 0.382 e. The van der Waals surface area contributed by atoms with Gasteiger partial charge in [0.05, 0.1) is 11.4 Å². The average molecular weight is 189 g/mol. The summed E-state index contributed by atoms with van der Waals surface area (Å²) in [4.78, 5) is 0. The van der Waals surface area contributed by atoms with Crippen LogP contribution in [0, 0.1) is 6.92 Å². The van der Waals surface area contributed by atoms with Crippen LogP contribution >= 0.6 is 0 Å². The van der Waals surface area contributed by atoms with E-state index in [1.165, 1.54) is 6.26 Å². The van der Waals surface area contributed by atoms with Crippen LogP contribution in [-0.2, 0) is 15.6 Å². The summed E-state index contributed by atoms with van der Waals surface area (Å²) in [6, 6.07) is 0. The Morgan fingerprint density at radius 1 is 1.58 bits per heavy atom. The third-order valence-electron chi connectivity index (χ3n) is 1.55. The Bertz CT molecular complexity index is 379. The van der Waals surface area contributed by atoms with Crippen LogP contribution in [0.25, 0.3) is 0 Å². The van der Waals surface area contributed by atoms with Gasteiger partial charge >= 0.3 is 0 Å². The van der Waals surface area contributed by atoms with Crippen LogP contribution in [0.1, 0.15) is 11.3 Å². The number of hydrogen-bond donors (Lipinski definition) is 2. The van der Waals surface area contributed by atoms with Crippen molar-refractivity contribution in [3.05, 3.63) is 11.3 Å². The summed E-state index contributed by atoms with van der Waals surface area (Å²) >= 11 is 0. The highest BCUT2D eigenvalue weighted by molar-refractivity contribution is 7.89. The molecule has 5 nitrogen and oxygen atoms in total. The van der Waals surface area contributed by atoms with Crippen molar-refractivity contribution in [2.45, 2.75) is 12.7 Å². The maximum atomic E-state index is 10.9. The number of aromatic amines is 1. The van der Waals surface area contributed by atoms with Crippen molar-refractivity contribution in [3.8, 4) is 0 Å². The van der Waals surface area contributed by atoms with Gasteiger partial charge in [0.2, 0.25) is 0 Å². The van der Waals surface area contributed by atoms with E-state index < -0.39 is 9.84 Å². The molecule has 1 aromatic heterocycles. The van der Waals surface area contributed by atoms with Crippen molar-refractivity contribution in [2.24, 2.45) is 0 Å². The highest BCUT2D eigenvalue weighted by Crippen LogP contribution is 2.13. The van der Waals surface area contributed by atoms with E-state index in [4.69, 9.17) is 5.73 Å². The molecule has 0 unspecified atom stereocenters. The van der Waals surface area contributed by atoms with Crippen molar-refractivity contribution in [2.75, 3.05) is 12.0 Å². The van der Waals surface area contributed by atoms with Crippen LogP contribution < -0.4 is 5.73 Å². The zero-order valence-corrected chi connectivity index (χ0v) is 7.77. The second-order valence-corrected chi connectivity index (χ2v) is 4.92. The Kier molecular flexibility index (Phi) is 2.10. The lowest BCUT2D eigenvalue weighted by Gasteiger charge is -1.95. The molecule has 1 heterocycles. The summed E-state index contributed by atoms with van der Waals surface area (Å²) in [6.45, 7) is 1.74. The molecule has 0 aliphatic carbocycles. The fourth-order valence-corrected chi connectivity index (χ4v) is 1.66. The molecule has 0 fully saturated rings. The molecule has 0 spiro atoms. The van der Waals surface area contributed by atoms with Gasteiger partial charge in [-0.15, -0.1) is 0 Å². The summed E-state index contributed by atoms with van der Waals surface area (Å²) in [7, 11) is -3.01. The van der Waals surface area contributed by atoms with Gasteiger partial charge in [0, 0.05) is 11.8 Å². The SMILES string of the molecule is Cc1c(N)n[nH]c1CS(C)(=O)=O. The molecule has 0 saturated heterocycles. The van der Waals surface area contributed by atoms with E-state index in [9.17, 15) is 8.42 Å². The van der Waals surface area contributed by atoms with E-state index in [0.29, 0.717) is 17.1 Å².